The SMILES string of the molecule is CCN(Cc1cc(F)ccc1Oc1ccc(Cl)cc1)C(=O)c1sc2c(c1Br)CN(C(=O)OC(C)(C)C)C2. The number of halogens is 3. The molecule has 0 radical (unpaired) electrons. The number of thiophene rings is 1. The standard InChI is InChI=1S/C27H27BrClFN2O4S/c1-5-31(13-16-12-18(30)8-11-21(16)35-19-9-6-17(29)7-10-19)25(33)24-23(28)20-14-32(15-22(20)37-24)26(34)36-27(2,3)4/h6-12H,5,13-15H2,1-4H3. The van der Waals surface area contributed by atoms with Crippen LogP contribution in [-0.2, 0) is 24.4 Å². The van der Waals surface area contributed by atoms with Gasteiger partial charge in [-0.2, -0.15) is 0 Å². The smallest absolute Gasteiger partial charge is 0.410 e. The summed E-state index contributed by atoms with van der Waals surface area (Å²) >= 11 is 10.9. The van der Waals surface area contributed by atoms with Crippen LogP contribution in [0, 0.1) is 5.82 Å². The lowest BCUT2D eigenvalue weighted by molar-refractivity contribution is 0.0242. The molecule has 37 heavy (non-hydrogen) atoms. The summed E-state index contributed by atoms with van der Waals surface area (Å²) in [6, 6.07) is 11.1. The Hall–Kier alpha value is -2.62. The molecule has 4 rings (SSSR count). The van der Waals surface area contributed by atoms with Gasteiger partial charge in [0.15, 0.2) is 0 Å². The van der Waals surface area contributed by atoms with Gasteiger partial charge in [-0.1, -0.05) is 11.6 Å². The molecule has 10 heteroatoms. The van der Waals surface area contributed by atoms with Crippen LogP contribution in [0.5, 0.6) is 11.5 Å². The Morgan fingerprint density at radius 1 is 1.16 bits per heavy atom. The molecule has 0 aliphatic carbocycles. The molecule has 0 saturated carbocycles. The van der Waals surface area contributed by atoms with Crippen LogP contribution in [0.3, 0.4) is 0 Å². The minimum absolute atomic E-state index is 0.162. The first-order valence-electron chi connectivity index (χ1n) is 11.7. The van der Waals surface area contributed by atoms with Crippen molar-refractivity contribution in [2.24, 2.45) is 0 Å². The van der Waals surface area contributed by atoms with Gasteiger partial charge < -0.3 is 14.4 Å². The third kappa shape index (κ3) is 6.45. The van der Waals surface area contributed by atoms with E-state index in [4.69, 9.17) is 21.1 Å². The van der Waals surface area contributed by atoms with Crippen molar-refractivity contribution in [2.45, 2.75) is 52.9 Å². The second-order valence-corrected chi connectivity index (χ2v) is 11.9. The Balaban J connectivity index is 1.52. The highest BCUT2D eigenvalue weighted by molar-refractivity contribution is 9.10. The Kier molecular flexibility index (Phi) is 8.16. The molecule has 0 atom stereocenters. The highest BCUT2D eigenvalue weighted by atomic mass is 79.9. The third-order valence-electron chi connectivity index (χ3n) is 5.65. The largest absolute Gasteiger partial charge is 0.457 e. The van der Waals surface area contributed by atoms with Crippen molar-refractivity contribution in [1.82, 2.24) is 9.80 Å². The molecule has 0 fully saturated rings. The van der Waals surface area contributed by atoms with Crippen molar-refractivity contribution in [1.29, 1.82) is 0 Å². The molecule has 0 saturated heterocycles. The number of fused-ring (bicyclic) bond motifs is 1. The number of hydrogen-bond donors (Lipinski definition) is 0. The second kappa shape index (κ2) is 11.0. The topological polar surface area (TPSA) is 59.1 Å². The Morgan fingerprint density at radius 2 is 1.86 bits per heavy atom. The van der Waals surface area contributed by atoms with Crippen molar-refractivity contribution in [3.8, 4) is 11.5 Å². The lowest BCUT2D eigenvalue weighted by Gasteiger charge is -2.24. The summed E-state index contributed by atoms with van der Waals surface area (Å²) in [5.74, 6) is 0.411. The summed E-state index contributed by atoms with van der Waals surface area (Å²) in [5, 5.41) is 0.581. The van der Waals surface area contributed by atoms with E-state index < -0.39 is 11.4 Å². The van der Waals surface area contributed by atoms with Gasteiger partial charge in [0.25, 0.3) is 5.91 Å². The highest BCUT2D eigenvalue weighted by Crippen LogP contribution is 2.40. The molecule has 2 amide bonds. The monoisotopic (exact) mass is 608 g/mol. The number of hydrogen-bond acceptors (Lipinski definition) is 5. The van der Waals surface area contributed by atoms with Crippen LogP contribution in [0.1, 0.15) is 53.4 Å². The molecular formula is C27H27BrClFN2O4S. The number of rotatable bonds is 6. The molecule has 1 aliphatic heterocycles. The van der Waals surface area contributed by atoms with E-state index in [2.05, 4.69) is 15.9 Å². The molecule has 0 spiro atoms. The van der Waals surface area contributed by atoms with E-state index in [0.717, 1.165) is 10.4 Å². The zero-order chi connectivity index (χ0) is 26.9. The number of carbonyl (C=O) groups excluding carboxylic acids is 2. The minimum Gasteiger partial charge on any atom is -0.457 e. The fraction of sp³-hybridized carbons (Fsp3) is 0.333. The maximum Gasteiger partial charge on any atom is 0.410 e. The molecule has 0 unspecified atom stereocenters. The summed E-state index contributed by atoms with van der Waals surface area (Å²) in [6.07, 6.45) is -0.384. The predicted molar refractivity (Wildman–Crippen MR) is 146 cm³/mol. The van der Waals surface area contributed by atoms with Crippen LogP contribution in [0.4, 0.5) is 9.18 Å². The molecule has 196 valence electrons. The van der Waals surface area contributed by atoms with E-state index in [1.807, 2.05) is 27.7 Å². The first-order valence-corrected chi connectivity index (χ1v) is 13.7. The van der Waals surface area contributed by atoms with Gasteiger partial charge in [0, 0.05) is 38.6 Å². The zero-order valence-corrected chi connectivity index (χ0v) is 24.1. The van der Waals surface area contributed by atoms with Crippen LogP contribution >= 0.6 is 38.9 Å². The van der Waals surface area contributed by atoms with Crippen molar-refractivity contribution < 1.29 is 23.5 Å². The molecular weight excluding hydrogens is 583 g/mol. The molecule has 6 nitrogen and oxygen atoms in total. The molecule has 2 heterocycles. The van der Waals surface area contributed by atoms with Gasteiger partial charge in [-0.3, -0.25) is 9.69 Å². The molecule has 0 N–H and O–H groups in total. The average Bonchev–Trinajstić information content (AvgIpc) is 3.38. The van der Waals surface area contributed by atoms with Crippen molar-refractivity contribution >= 4 is 50.9 Å². The fourth-order valence-corrected chi connectivity index (χ4v) is 6.08. The number of carbonyl (C=O) groups is 2. The second-order valence-electron chi connectivity index (χ2n) is 9.61. The summed E-state index contributed by atoms with van der Waals surface area (Å²) in [5.41, 5.74) is 0.870. The van der Waals surface area contributed by atoms with Crippen molar-refractivity contribution in [3.63, 3.8) is 0 Å². The predicted octanol–water partition coefficient (Wildman–Crippen LogP) is 8.01. The van der Waals surface area contributed by atoms with Gasteiger partial charge >= 0.3 is 6.09 Å². The maximum absolute atomic E-state index is 14.2. The molecule has 0 bridgehead atoms. The zero-order valence-electron chi connectivity index (χ0n) is 20.9. The first-order chi connectivity index (χ1) is 17.4. The van der Waals surface area contributed by atoms with Crippen molar-refractivity contribution in [3.05, 3.63) is 78.7 Å². The van der Waals surface area contributed by atoms with E-state index in [-0.39, 0.29) is 18.5 Å². The molecule has 3 aromatic rings. The van der Waals surface area contributed by atoms with Crippen LogP contribution in [0.2, 0.25) is 5.02 Å². The number of nitrogens with zero attached hydrogens (tertiary/aromatic N) is 2. The van der Waals surface area contributed by atoms with Gasteiger partial charge in [-0.15, -0.1) is 11.3 Å². The van der Waals surface area contributed by atoms with Crippen LogP contribution < -0.4 is 4.74 Å². The molecule has 1 aromatic heterocycles. The first kappa shape index (κ1) is 27.4. The maximum atomic E-state index is 14.2. The van der Waals surface area contributed by atoms with Gasteiger partial charge in [-0.25, -0.2) is 9.18 Å². The van der Waals surface area contributed by atoms with E-state index in [1.165, 1.54) is 23.5 Å². The minimum atomic E-state index is -0.583. The number of amides is 2. The van der Waals surface area contributed by atoms with E-state index >= 15 is 0 Å². The lowest BCUT2D eigenvalue weighted by Crippen LogP contribution is -2.33. The van der Waals surface area contributed by atoms with E-state index in [0.29, 0.717) is 51.1 Å². The fourth-order valence-electron chi connectivity index (χ4n) is 3.86. The van der Waals surface area contributed by atoms with E-state index in [1.54, 1.807) is 40.1 Å². The Bertz CT molecular complexity index is 1320. The summed E-state index contributed by atoms with van der Waals surface area (Å²) < 4.78 is 26.3. The normalized spacial score (nSPS) is 12.9. The lowest BCUT2D eigenvalue weighted by atomic mass is 10.1. The third-order valence-corrected chi connectivity index (χ3v) is 8.24. The quantitative estimate of drug-likeness (QED) is 0.284. The van der Waals surface area contributed by atoms with Crippen LogP contribution in [-0.4, -0.2) is 33.9 Å². The number of ether oxygens (including phenoxy) is 2. The summed E-state index contributed by atoms with van der Waals surface area (Å²) in [4.78, 5) is 30.8. The van der Waals surface area contributed by atoms with Gasteiger partial charge in [0.05, 0.1) is 13.1 Å². The molecule has 1 aliphatic rings. The van der Waals surface area contributed by atoms with Crippen LogP contribution in [0.15, 0.2) is 46.9 Å². The Labute approximate surface area is 233 Å². The summed E-state index contributed by atoms with van der Waals surface area (Å²) in [7, 11) is 0. The molecule has 2 aromatic carbocycles. The van der Waals surface area contributed by atoms with Crippen molar-refractivity contribution in [2.75, 3.05) is 6.54 Å². The average molecular weight is 610 g/mol. The van der Waals surface area contributed by atoms with Gasteiger partial charge in [-0.05, 0) is 86.1 Å². The van der Waals surface area contributed by atoms with Crippen LogP contribution in [0.25, 0.3) is 0 Å². The van der Waals surface area contributed by atoms with Gasteiger partial charge in [0.1, 0.15) is 27.8 Å². The number of benzene rings is 2. The van der Waals surface area contributed by atoms with E-state index in [9.17, 15) is 14.0 Å². The Morgan fingerprint density at radius 3 is 2.49 bits per heavy atom. The van der Waals surface area contributed by atoms with Gasteiger partial charge in [0.2, 0.25) is 0 Å². The summed E-state index contributed by atoms with van der Waals surface area (Å²) in [6.45, 7) is 8.67. The highest BCUT2D eigenvalue weighted by Gasteiger charge is 2.34.